The molecule has 1 nitrogen and oxygen atoms in total. The smallest absolute Gasteiger partial charge is 0.117 e. The van der Waals surface area contributed by atoms with Crippen LogP contribution in [0.4, 0.5) is 0 Å². The summed E-state index contributed by atoms with van der Waals surface area (Å²) >= 11 is 0. The number of allylic oxidation sites excluding steroid dienone is 3. The van der Waals surface area contributed by atoms with Gasteiger partial charge in [-0.3, -0.25) is 0 Å². The van der Waals surface area contributed by atoms with Crippen molar-refractivity contribution in [2.45, 2.75) is 46.6 Å². The molecule has 1 aromatic rings. The summed E-state index contributed by atoms with van der Waals surface area (Å²) in [6.45, 7) is 7.51. The summed E-state index contributed by atoms with van der Waals surface area (Å²) in [5.41, 5.74) is 1.36. The van der Waals surface area contributed by atoms with Crippen LogP contribution >= 0.6 is 0 Å². The average Bonchev–Trinajstić information content (AvgIpc) is 2.49. The lowest BCUT2D eigenvalue weighted by Crippen LogP contribution is -2.30. The molecule has 0 aliphatic carbocycles. The van der Waals surface area contributed by atoms with Crippen LogP contribution in [0.15, 0.2) is 67.2 Å². The minimum absolute atomic E-state index is 0.763. The molecule has 0 heterocycles. The van der Waals surface area contributed by atoms with Crippen LogP contribution in [-0.4, -0.2) is 4.48 Å². The molecule has 0 aliphatic heterocycles. The summed E-state index contributed by atoms with van der Waals surface area (Å²) in [5, 5.41) is 0. The van der Waals surface area contributed by atoms with Gasteiger partial charge in [-0.2, -0.15) is 0 Å². The molecule has 0 spiro atoms. The monoisotopic (exact) mass is 270 g/mol. The molecule has 1 heteroatoms. The fourth-order valence-electron chi connectivity index (χ4n) is 2.11. The summed E-state index contributed by atoms with van der Waals surface area (Å²) < 4.78 is 0.763. The van der Waals surface area contributed by atoms with Gasteiger partial charge in [0.05, 0.1) is 0 Å². The highest BCUT2D eigenvalue weighted by molar-refractivity contribution is 5.14. The van der Waals surface area contributed by atoms with Crippen LogP contribution in [0.1, 0.15) is 45.6 Å². The molecule has 0 amide bonds. The number of rotatable bonds is 8. The number of nitrogens with zero attached hydrogens (tertiary/aromatic N) is 1. The number of benzene rings is 1. The van der Waals surface area contributed by atoms with Crippen molar-refractivity contribution < 1.29 is 4.48 Å². The maximum atomic E-state index is 2.30. The largest absolute Gasteiger partial charge is 0.242 e. The molecule has 0 N–H and O–H groups in total. The van der Waals surface area contributed by atoms with E-state index >= 15 is 0 Å². The minimum atomic E-state index is 0.763. The van der Waals surface area contributed by atoms with Crippen LogP contribution in [-0.2, 0) is 6.54 Å². The lowest BCUT2D eigenvalue weighted by molar-refractivity contribution is -0.788. The zero-order valence-electron chi connectivity index (χ0n) is 13.1. The van der Waals surface area contributed by atoms with E-state index in [1.165, 1.54) is 5.56 Å². The molecule has 108 valence electrons. The number of quaternary nitrogens is 1. The average molecular weight is 270 g/mol. The van der Waals surface area contributed by atoms with Crippen molar-refractivity contribution in [3.8, 4) is 0 Å². The second-order valence-electron chi connectivity index (χ2n) is 5.02. The van der Waals surface area contributed by atoms with Gasteiger partial charge in [0.25, 0.3) is 0 Å². The third-order valence-corrected chi connectivity index (χ3v) is 3.16. The molecular weight excluding hydrogens is 242 g/mol. The summed E-state index contributed by atoms with van der Waals surface area (Å²) in [7, 11) is 0. The van der Waals surface area contributed by atoms with Gasteiger partial charge >= 0.3 is 0 Å². The van der Waals surface area contributed by atoms with Gasteiger partial charge in [-0.25, -0.2) is 4.48 Å². The maximum Gasteiger partial charge on any atom is 0.117 e. The lowest BCUT2D eigenvalue weighted by Gasteiger charge is -2.27. The molecule has 20 heavy (non-hydrogen) atoms. The first-order valence-corrected chi connectivity index (χ1v) is 7.70. The van der Waals surface area contributed by atoms with Crippen LogP contribution < -0.4 is 0 Å². The van der Waals surface area contributed by atoms with Crippen LogP contribution in [0.2, 0.25) is 0 Å². The number of hydrogen-bond donors (Lipinski definition) is 0. The van der Waals surface area contributed by atoms with Crippen LogP contribution in [0.3, 0.4) is 0 Å². The van der Waals surface area contributed by atoms with Gasteiger partial charge in [0.1, 0.15) is 25.1 Å². The van der Waals surface area contributed by atoms with Crippen LogP contribution in [0, 0.1) is 0 Å². The zero-order valence-corrected chi connectivity index (χ0v) is 13.1. The molecule has 1 aromatic carbocycles. The molecule has 0 aliphatic rings. The standard InChI is InChI=1S/C19H28N/c1-4-7-15-20(16-8-5-2,17-9-6-3)18-19-13-11-10-12-14-19/h7-17H,4-6,18H2,1-3H3/q+1/b15-7-,16-8+,17-9+. The zero-order chi connectivity index (χ0) is 14.7. The van der Waals surface area contributed by atoms with E-state index in [-0.39, 0.29) is 0 Å². The summed E-state index contributed by atoms with van der Waals surface area (Å²) in [6, 6.07) is 10.7. The van der Waals surface area contributed by atoms with Gasteiger partial charge in [-0.15, -0.1) is 0 Å². The Bertz CT molecular complexity index is 404. The first kappa shape index (κ1) is 16.5. The molecule has 0 aromatic heterocycles. The molecule has 0 saturated carbocycles. The predicted molar refractivity (Wildman–Crippen MR) is 88.7 cm³/mol. The third-order valence-electron chi connectivity index (χ3n) is 3.16. The second kappa shape index (κ2) is 9.33. The fraction of sp³-hybridized carbons (Fsp3) is 0.368. The first-order valence-electron chi connectivity index (χ1n) is 7.70. The van der Waals surface area contributed by atoms with Crippen molar-refractivity contribution in [3.05, 3.63) is 72.7 Å². The lowest BCUT2D eigenvalue weighted by atomic mass is 10.2. The molecule has 0 radical (unpaired) electrons. The summed E-state index contributed by atoms with van der Waals surface area (Å²) in [5.74, 6) is 0. The van der Waals surface area contributed by atoms with Gasteiger partial charge in [0.15, 0.2) is 0 Å². The van der Waals surface area contributed by atoms with Gasteiger partial charge in [0.2, 0.25) is 0 Å². The minimum Gasteiger partial charge on any atom is -0.242 e. The molecule has 0 unspecified atom stereocenters. The van der Waals surface area contributed by atoms with E-state index in [1.807, 2.05) is 0 Å². The van der Waals surface area contributed by atoms with Gasteiger partial charge in [-0.05, 0) is 37.5 Å². The highest BCUT2D eigenvalue weighted by Gasteiger charge is 2.19. The van der Waals surface area contributed by atoms with E-state index in [0.717, 1.165) is 30.3 Å². The Hall–Kier alpha value is -1.60. The number of hydrogen-bond acceptors (Lipinski definition) is 0. The Balaban J connectivity index is 3.10. The van der Waals surface area contributed by atoms with Crippen molar-refractivity contribution in [2.24, 2.45) is 0 Å². The molecular formula is C19H28N+. The SMILES string of the molecule is CC/C=C\[N+](/C=C/CC)(/C=C/CC)Cc1ccccc1. The quantitative estimate of drug-likeness (QED) is 0.526. The van der Waals surface area contributed by atoms with Crippen molar-refractivity contribution in [1.29, 1.82) is 0 Å². The Labute approximate surface area is 124 Å². The Morgan fingerprint density at radius 2 is 1.20 bits per heavy atom. The molecule has 0 bridgehead atoms. The maximum absolute atomic E-state index is 2.30. The Morgan fingerprint density at radius 1 is 0.750 bits per heavy atom. The fourth-order valence-corrected chi connectivity index (χ4v) is 2.11. The van der Waals surface area contributed by atoms with Crippen molar-refractivity contribution in [1.82, 2.24) is 0 Å². The summed E-state index contributed by atoms with van der Waals surface area (Å²) in [6.07, 6.45) is 16.8. The highest BCUT2D eigenvalue weighted by atomic mass is 15.3. The molecule has 0 atom stereocenters. The van der Waals surface area contributed by atoms with Crippen molar-refractivity contribution in [2.75, 3.05) is 0 Å². The van der Waals surface area contributed by atoms with E-state index in [2.05, 4.69) is 87.9 Å². The topological polar surface area (TPSA) is 0 Å². The third kappa shape index (κ3) is 5.58. The highest BCUT2D eigenvalue weighted by Crippen LogP contribution is 2.19. The first-order chi connectivity index (χ1) is 9.76. The normalized spacial score (nSPS) is 12.9. The second-order valence-corrected chi connectivity index (χ2v) is 5.02. The Morgan fingerprint density at radius 3 is 1.60 bits per heavy atom. The molecule has 0 saturated heterocycles. The van der Waals surface area contributed by atoms with Crippen molar-refractivity contribution in [3.63, 3.8) is 0 Å². The van der Waals surface area contributed by atoms with E-state index in [4.69, 9.17) is 0 Å². The van der Waals surface area contributed by atoms with E-state index in [9.17, 15) is 0 Å². The van der Waals surface area contributed by atoms with Gasteiger partial charge in [-0.1, -0.05) is 51.1 Å². The van der Waals surface area contributed by atoms with Crippen LogP contribution in [0.25, 0.3) is 0 Å². The molecule has 0 fully saturated rings. The van der Waals surface area contributed by atoms with Gasteiger partial charge < -0.3 is 0 Å². The summed E-state index contributed by atoms with van der Waals surface area (Å²) in [4.78, 5) is 0. The molecule has 1 rings (SSSR count). The van der Waals surface area contributed by atoms with E-state index in [0.29, 0.717) is 0 Å². The van der Waals surface area contributed by atoms with E-state index < -0.39 is 0 Å². The Kier molecular flexibility index (Phi) is 7.67. The predicted octanol–water partition coefficient (Wildman–Crippen LogP) is 5.77. The van der Waals surface area contributed by atoms with Gasteiger partial charge in [0, 0.05) is 5.56 Å². The van der Waals surface area contributed by atoms with Crippen molar-refractivity contribution >= 4 is 0 Å². The van der Waals surface area contributed by atoms with E-state index in [1.54, 1.807) is 0 Å². The van der Waals surface area contributed by atoms with Crippen LogP contribution in [0.5, 0.6) is 0 Å².